The molecule has 15 heavy (non-hydrogen) atoms. The van der Waals surface area contributed by atoms with Crippen molar-refractivity contribution >= 4 is 44.5 Å². The SMILES string of the molecule is CNc1cc2cc([N+](=O)[O-])ccc2s1.Cl. The van der Waals surface area contributed by atoms with E-state index in [1.807, 2.05) is 13.1 Å². The molecule has 0 aliphatic heterocycles. The van der Waals surface area contributed by atoms with Gasteiger partial charge in [-0.1, -0.05) is 0 Å². The molecule has 1 aromatic heterocycles. The van der Waals surface area contributed by atoms with E-state index in [2.05, 4.69) is 5.32 Å². The van der Waals surface area contributed by atoms with Gasteiger partial charge in [-0.3, -0.25) is 10.1 Å². The molecule has 1 heterocycles. The van der Waals surface area contributed by atoms with Gasteiger partial charge in [0.1, 0.15) is 0 Å². The van der Waals surface area contributed by atoms with Crippen LogP contribution in [0.5, 0.6) is 0 Å². The first-order valence-corrected chi connectivity index (χ1v) is 4.88. The smallest absolute Gasteiger partial charge is 0.270 e. The molecule has 0 saturated carbocycles. The number of nitro benzene ring substituents is 1. The Morgan fingerprint density at radius 3 is 2.73 bits per heavy atom. The van der Waals surface area contributed by atoms with Crippen molar-refractivity contribution in [2.45, 2.75) is 0 Å². The third kappa shape index (κ3) is 2.19. The highest BCUT2D eigenvalue weighted by Gasteiger charge is 2.07. The van der Waals surface area contributed by atoms with Gasteiger partial charge in [-0.15, -0.1) is 23.7 Å². The Morgan fingerprint density at radius 1 is 1.40 bits per heavy atom. The fraction of sp³-hybridized carbons (Fsp3) is 0.111. The minimum atomic E-state index is -0.379. The van der Waals surface area contributed by atoms with Gasteiger partial charge in [0.2, 0.25) is 0 Å². The van der Waals surface area contributed by atoms with Gasteiger partial charge in [0, 0.05) is 29.3 Å². The van der Waals surface area contributed by atoms with E-state index in [1.54, 1.807) is 23.5 Å². The summed E-state index contributed by atoms with van der Waals surface area (Å²) < 4.78 is 1.06. The zero-order valence-corrected chi connectivity index (χ0v) is 9.52. The number of benzene rings is 1. The lowest BCUT2D eigenvalue weighted by Gasteiger charge is -1.89. The van der Waals surface area contributed by atoms with Crippen LogP contribution in [0.2, 0.25) is 0 Å². The highest BCUT2D eigenvalue weighted by Crippen LogP contribution is 2.31. The number of halogens is 1. The lowest BCUT2D eigenvalue weighted by atomic mass is 10.2. The van der Waals surface area contributed by atoms with Gasteiger partial charge in [0.15, 0.2) is 0 Å². The van der Waals surface area contributed by atoms with Crippen LogP contribution in [0.3, 0.4) is 0 Å². The van der Waals surface area contributed by atoms with Crippen LogP contribution in [0.1, 0.15) is 0 Å². The van der Waals surface area contributed by atoms with Crippen molar-refractivity contribution in [2.24, 2.45) is 0 Å². The molecule has 1 aromatic carbocycles. The van der Waals surface area contributed by atoms with Gasteiger partial charge < -0.3 is 5.32 Å². The summed E-state index contributed by atoms with van der Waals surface area (Å²) in [5, 5.41) is 15.5. The van der Waals surface area contributed by atoms with Gasteiger partial charge in [0.05, 0.1) is 9.92 Å². The predicted octanol–water partition coefficient (Wildman–Crippen LogP) is 3.27. The van der Waals surface area contributed by atoms with Gasteiger partial charge >= 0.3 is 0 Å². The van der Waals surface area contributed by atoms with Crippen molar-refractivity contribution in [3.63, 3.8) is 0 Å². The summed E-state index contributed by atoms with van der Waals surface area (Å²) >= 11 is 1.58. The van der Waals surface area contributed by atoms with Gasteiger partial charge in [-0.2, -0.15) is 0 Å². The summed E-state index contributed by atoms with van der Waals surface area (Å²) in [6, 6.07) is 6.80. The highest BCUT2D eigenvalue weighted by molar-refractivity contribution is 7.22. The number of nitrogens with one attached hydrogen (secondary N) is 1. The third-order valence-corrected chi connectivity index (χ3v) is 3.09. The normalized spacial score (nSPS) is 9.67. The van der Waals surface area contributed by atoms with Crippen LogP contribution >= 0.6 is 23.7 Å². The number of non-ortho nitro benzene ring substituents is 1. The second kappa shape index (κ2) is 4.46. The Kier molecular flexibility index (Phi) is 3.49. The lowest BCUT2D eigenvalue weighted by Crippen LogP contribution is -1.85. The summed E-state index contributed by atoms with van der Waals surface area (Å²) in [7, 11) is 1.83. The number of rotatable bonds is 2. The molecular weight excluding hydrogens is 236 g/mol. The van der Waals surface area contributed by atoms with Crippen molar-refractivity contribution in [3.05, 3.63) is 34.4 Å². The third-order valence-electron chi connectivity index (χ3n) is 1.96. The molecule has 2 rings (SSSR count). The van der Waals surface area contributed by atoms with Gasteiger partial charge in [-0.05, 0) is 12.1 Å². The van der Waals surface area contributed by atoms with Crippen molar-refractivity contribution in [2.75, 3.05) is 12.4 Å². The summed E-state index contributed by atoms with van der Waals surface area (Å²) in [5.41, 5.74) is 0.137. The van der Waals surface area contributed by atoms with Crippen molar-refractivity contribution in [3.8, 4) is 0 Å². The van der Waals surface area contributed by atoms with Crippen molar-refractivity contribution < 1.29 is 4.92 Å². The van der Waals surface area contributed by atoms with E-state index in [0.717, 1.165) is 15.1 Å². The predicted molar refractivity (Wildman–Crippen MR) is 65.3 cm³/mol. The Balaban J connectivity index is 0.00000112. The average Bonchev–Trinajstić information content (AvgIpc) is 2.58. The number of anilines is 1. The standard InChI is InChI=1S/C9H8N2O2S.ClH/c1-10-9-5-6-4-7(11(12)13)2-3-8(6)14-9;/h2-5,10H,1H3;1H. The molecule has 0 unspecified atom stereocenters. The quantitative estimate of drug-likeness (QED) is 0.652. The van der Waals surface area contributed by atoms with Crippen LogP contribution in [0, 0.1) is 10.1 Å². The summed E-state index contributed by atoms with van der Waals surface area (Å²) in [6.45, 7) is 0. The molecule has 2 aromatic rings. The number of hydrogen-bond acceptors (Lipinski definition) is 4. The first-order chi connectivity index (χ1) is 6.70. The Hall–Kier alpha value is -1.33. The zero-order valence-electron chi connectivity index (χ0n) is 7.89. The van der Waals surface area contributed by atoms with Crippen molar-refractivity contribution in [1.29, 1.82) is 0 Å². The molecule has 1 N–H and O–H groups in total. The molecule has 0 aliphatic rings. The van der Waals surface area contributed by atoms with E-state index in [-0.39, 0.29) is 23.0 Å². The molecule has 0 spiro atoms. The maximum Gasteiger partial charge on any atom is 0.270 e. The Bertz CT molecular complexity index is 498. The first-order valence-electron chi connectivity index (χ1n) is 4.06. The van der Waals surface area contributed by atoms with Gasteiger partial charge in [-0.25, -0.2) is 0 Å². The Morgan fingerprint density at radius 2 is 2.13 bits per heavy atom. The largest absolute Gasteiger partial charge is 0.380 e. The number of nitro groups is 1. The second-order valence-corrected chi connectivity index (χ2v) is 3.92. The molecule has 0 saturated heterocycles. The number of thiophene rings is 1. The van der Waals surface area contributed by atoms with Crippen LogP contribution in [0.15, 0.2) is 24.3 Å². The van der Waals surface area contributed by atoms with Crippen LogP contribution in [-0.2, 0) is 0 Å². The molecular formula is C9H9ClN2O2S. The number of fused-ring (bicyclic) bond motifs is 1. The highest BCUT2D eigenvalue weighted by atomic mass is 35.5. The van der Waals surface area contributed by atoms with Crippen LogP contribution in [-0.4, -0.2) is 12.0 Å². The second-order valence-electron chi connectivity index (χ2n) is 2.84. The fourth-order valence-corrected chi connectivity index (χ4v) is 2.16. The average molecular weight is 245 g/mol. The molecule has 0 amide bonds. The van der Waals surface area contributed by atoms with Crippen molar-refractivity contribution in [1.82, 2.24) is 0 Å². The van der Waals surface area contributed by atoms with E-state index in [4.69, 9.17) is 0 Å². The lowest BCUT2D eigenvalue weighted by molar-refractivity contribution is -0.384. The molecule has 4 nitrogen and oxygen atoms in total. The minimum Gasteiger partial charge on any atom is -0.380 e. The van der Waals surface area contributed by atoms with Gasteiger partial charge in [0.25, 0.3) is 5.69 Å². The van der Waals surface area contributed by atoms with E-state index in [1.165, 1.54) is 6.07 Å². The van der Waals surface area contributed by atoms with Crippen LogP contribution in [0.4, 0.5) is 10.7 Å². The summed E-state index contributed by atoms with van der Waals surface area (Å²) in [5.74, 6) is 0. The monoisotopic (exact) mass is 244 g/mol. The molecule has 0 aliphatic carbocycles. The fourth-order valence-electron chi connectivity index (χ4n) is 1.27. The molecule has 0 atom stereocenters. The maximum atomic E-state index is 10.5. The number of hydrogen-bond donors (Lipinski definition) is 1. The molecule has 0 radical (unpaired) electrons. The minimum absolute atomic E-state index is 0. The van der Waals surface area contributed by atoms with E-state index in [0.29, 0.717) is 0 Å². The van der Waals surface area contributed by atoms with Crippen LogP contribution in [0.25, 0.3) is 10.1 Å². The van der Waals surface area contributed by atoms with E-state index in [9.17, 15) is 10.1 Å². The molecule has 0 fully saturated rings. The summed E-state index contributed by atoms with van der Waals surface area (Å²) in [4.78, 5) is 10.1. The maximum absolute atomic E-state index is 10.5. The Labute approximate surface area is 96.5 Å². The number of nitrogens with zero attached hydrogens (tertiary/aromatic N) is 1. The first kappa shape index (κ1) is 11.7. The van der Waals surface area contributed by atoms with Crippen LogP contribution < -0.4 is 5.32 Å². The van der Waals surface area contributed by atoms with E-state index < -0.39 is 0 Å². The summed E-state index contributed by atoms with van der Waals surface area (Å²) in [6.07, 6.45) is 0. The molecule has 6 heteroatoms. The topological polar surface area (TPSA) is 55.2 Å². The molecule has 0 bridgehead atoms. The zero-order chi connectivity index (χ0) is 10.1. The molecule has 80 valence electrons. The van der Waals surface area contributed by atoms with E-state index >= 15 is 0 Å².